The highest BCUT2D eigenvalue weighted by Crippen LogP contribution is 2.44. The van der Waals surface area contributed by atoms with Crippen LogP contribution < -0.4 is 9.47 Å². The number of hydrogen-bond donors (Lipinski definition) is 3. The van der Waals surface area contributed by atoms with E-state index in [0.29, 0.717) is 22.7 Å². The second kappa shape index (κ2) is 11.4. The lowest BCUT2D eigenvalue weighted by Gasteiger charge is -2.34. The summed E-state index contributed by atoms with van der Waals surface area (Å²) >= 11 is 1.23. The van der Waals surface area contributed by atoms with Crippen molar-refractivity contribution in [1.29, 1.82) is 0 Å². The Morgan fingerprint density at radius 2 is 1.93 bits per heavy atom. The van der Waals surface area contributed by atoms with Gasteiger partial charge in [-0.1, -0.05) is 18.2 Å². The van der Waals surface area contributed by atoms with E-state index in [9.17, 15) is 18.0 Å². The number of H-pyrrole nitrogens is 2. The lowest BCUT2D eigenvalue weighted by molar-refractivity contribution is -0.138. The first kappa shape index (κ1) is 28.7. The van der Waals surface area contributed by atoms with E-state index in [1.54, 1.807) is 24.7 Å². The van der Waals surface area contributed by atoms with Gasteiger partial charge in [-0.3, -0.25) is 4.79 Å². The van der Waals surface area contributed by atoms with Gasteiger partial charge >= 0.3 is 5.97 Å². The number of aliphatic carboxylic acids is 1. The molecule has 0 saturated heterocycles. The molecule has 5 aromatic rings. The summed E-state index contributed by atoms with van der Waals surface area (Å²) in [4.78, 5) is 20.6. The zero-order valence-corrected chi connectivity index (χ0v) is 24.2. The summed E-state index contributed by atoms with van der Waals surface area (Å²) in [5.41, 5.74) is 1.67. The van der Waals surface area contributed by atoms with E-state index in [0.717, 1.165) is 36.3 Å². The number of para-hydroxylation sites is 1. The number of nitrogens with one attached hydrogen (secondary N) is 2. The Labute approximate surface area is 249 Å². The van der Waals surface area contributed by atoms with Crippen LogP contribution in [-0.4, -0.2) is 38.9 Å². The van der Waals surface area contributed by atoms with Crippen LogP contribution in [0, 0.1) is 23.4 Å². The summed E-state index contributed by atoms with van der Waals surface area (Å²) in [6.07, 6.45) is 7.51. The maximum absolute atomic E-state index is 15.0. The van der Waals surface area contributed by atoms with Crippen molar-refractivity contribution in [2.45, 2.75) is 36.5 Å². The van der Waals surface area contributed by atoms with Crippen LogP contribution >= 0.6 is 11.8 Å². The van der Waals surface area contributed by atoms with Gasteiger partial charge in [0.2, 0.25) is 5.82 Å². The van der Waals surface area contributed by atoms with Gasteiger partial charge in [0.15, 0.2) is 11.6 Å². The van der Waals surface area contributed by atoms with E-state index in [2.05, 4.69) is 21.9 Å². The zero-order chi connectivity index (χ0) is 30.3. The average molecular weight is 608 g/mol. The maximum atomic E-state index is 15.0. The molecule has 222 valence electrons. The van der Waals surface area contributed by atoms with Crippen LogP contribution in [0.2, 0.25) is 0 Å². The number of aromatic amines is 2. The van der Waals surface area contributed by atoms with Crippen molar-refractivity contribution in [3.05, 3.63) is 89.6 Å². The van der Waals surface area contributed by atoms with Gasteiger partial charge in [-0.2, -0.15) is 4.39 Å². The number of carboxylic acids is 1. The molecule has 3 N–H and O–H groups in total. The Morgan fingerprint density at radius 1 is 1.14 bits per heavy atom. The van der Waals surface area contributed by atoms with Crippen LogP contribution in [0.25, 0.3) is 22.3 Å². The molecule has 1 unspecified atom stereocenters. The molecule has 3 heterocycles. The number of aromatic nitrogens is 3. The van der Waals surface area contributed by atoms with E-state index >= 15 is 0 Å². The monoisotopic (exact) mass is 607 g/mol. The van der Waals surface area contributed by atoms with Crippen LogP contribution in [-0.2, 0) is 10.2 Å². The van der Waals surface area contributed by atoms with Gasteiger partial charge in [0, 0.05) is 34.5 Å². The number of rotatable bonds is 6. The van der Waals surface area contributed by atoms with Crippen LogP contribution in [0.3, 0.4) is 0 Å². The predicted molar refractivity (Wildman–Crippen MR) is 157 cm³/mol. The second-order valence-corrected chi connectivity index (χ2v) is 11.5. The molecule has 2 aliphatic rings. The third-order valence-electron chi connectivity index (χ3n) is 7.86. The minimum absolute atomic E-state index is 0.0185. The highest BCUT2D eigenvalue weighted by Gasteiger charge is 2.36. The molecule has 1 aliphatic heterocycles. The van der Waals surface area contributed by atoms with Crippen LogP contribution in [0.4, 0.5) is 13.2 Å². The van der Waals surface area contributed by atoms with Crippen molar-refractivity contribution < 1.29 is 32.5 Å². The Bertz CT molecular complexity index is 1830. The molecule has 0 radical (unpaired) electrons. The third kappa shape index (κ3) is 5.33. The lowest BCUT2D eigenvalue weighted by Crippen LogP contribution is -2.31. The fraction of sp³-hybridized carbons (Fsp3) is 0.250. The molecule has 43 heavy (non-hydrogen) atoms. The first-order valence-corrected chi connectivity index (χ1v) is 14.9. The first-order valence-electron chi connectivity index (χ1n) is 13.7. The number of imidazole rings is 1. The quantitative estimate of drug-likeness (QED) is 0.169. The van der Waals surface area contributed by atoms with E-state index in [-0.39, 0.29) is 28.5 Å². The van der Waals surface area contributed by atoms with Crippen molar-refractivity contribution in [2.24, 2.45) is 5.92 Å². The SMILES string of the molecule is CSc1c(Oc2ccc(F)c(-c3ncc(C4(C)CCOc5ccccc54)[nH]3)c2)c(F)c(F)c2[nH]ccc12.O=C(O)C1CC1. The zero-order valence-electron chi connectivity index (χ0n) is 23.3. The molecular formula is C32H28F3N3O4S. The van der Waals surface area contributed by atoms with Crippen LogP contribution in [0.1, 0.15) is 37.4 Å². The average Bonchev–Trinajstić information content (AvgIpc) is 3.55. The number of thioether (sulfide) groups is 1. The van der Waals surface area contributed by atoms with Gasteiger partial charge in [0.1, 0.15) is 23.1 Å². The standard InChI is InChI=1S/C28H22F3N3O2S.C4H6O2/c1-28(10-12-35-20-6-4-3-5-18(20)28)21-14-33-27(34-21)17-13-15(7-8-19(17)29)36-25-23(31)22(30)24-16(9-11-32-24)26(25)37-2;5-4(6)3-1-2-3/h3-9,11,13-14,32H,10,12H2,1-2H3,(H,33,34);3H,1-2H2,(H,5,6). The molecule has 0 spiro atoms. The van der Waals surface area contributed by atoms with Crippen molar-refractivity contribution in [3.63, 3.8) is 0 Å². The minimum Gasteiger partial charge on any atom is -0.493 e. The van der Waals surface area contributed by atoms with Crippen molar-refractivity contribution in [3.8, 4) is 28.6 Å². The van der Waals surface area contributed by atoms with Gasteiger partial charge < -0.3 is 24.5 Å². The molecule has 7 nitrogen and oxygen atoms in total. The Kier molecular flexibility index (Phi) is 7.59. The molecule has 1 fully saturated rings. The van der Waals surface area contributed by atoms with Gasteiger partial charge in [0.25, 0.3) is 0 Å². The highest BCUT2D eigenvalue weighted by atomic mass is 32.2. The number of benzene rings is 3. The molecule has 11 heteroatoms. The first-order chi connectivity index (χ1) is 20.7. The largest absolute Gasteiger partial charge is 0.493 e. The Morgan fingerprint density at radius 3 is 2.65 bits per heavy atom. The van der Waals surface area contributed by atoms with Crippen LogP contribution in [0.15, 0.2) is 65.8 Å². The molecule has 2 aromatic heterocycles. The molecule has 3 aromatic carbocycles. The summed E-state index contributed by atoms with van der Waals surface area (Å²) in [6, 6.07) is 13.5. The molecule has 1 aliphatic carbocycles. The summed E-state index contributed by atoms with van der Waals surface area (Å²) in [7, 11) is 0. The van der Waals surface area contributed by atoms with Crippen molar-refractivity contribution in [1.82, 2.24) is 15.0 Å². The predicted octanol–water partition coefficient (Wildman–Crippen LogP) is 8.06. The van der Waals surface area contributed by atoms with Crippen LogP contribution in [0.5, 0.6) is 17.2 Å². The van der Waals surface area contributed by atoms with E-state index in [4.69, 9.17) is 14.6 Å². The van der Waals surface area contributed by atoms with Gasteiger partial charge in [-0.05, 0) is 62.8 Å². The highest BCUT2D eigenvalue weighted by molar-refractivity contribution is 7.99. The van der Waals surface area contributed by atoms with E-state index in [1.165, 1.54) is 30.0 Å². The Hall–Kier alpha value is -4.38. The smallest absolute Gasteiger partial charge is 0.306 e. The summed E-state index contributed by atoms with van der Waals surface area (Å²) < 4.78 is 56.2. The number of nitrogens with zero attached hydrogens (tertiary/aromatic N) is 1. The summed E-state index contributed by atoms with van der Waals surface area (Å²) in [5, 5.41) is 8.56. The van der Waals surface area contributed by atoms with Crippen molar-refractivity contribution in [2.75, 3.05) is 12.9 Å². The molecular weight excluding hydrogens is 579 g/mol. The number of carboxylic acid groups (broad SMARTS) is 1. The molecule has 7 rings (SSSR count). The maximum Gasteiger partial charge on any atom is 0.306 e. The fourth-order valence-electron chi connectivity index (χ4n) is 5.23. The number of carbonyl (C=O) groups is 1. The van der Waals surface area contributed by atoms with Gasteiger partial charge in [-0.25, -0.2) is 13.8 Å². The van der Waals surface area contributed by atoms with E-state index < -0.39 is 28.8 Å². The topological polar surface area (TPSA) is 100 Å². The Balaban J connectivity index is 0.000000491. The summed E-state index contributed by atoms with van der Waals surface area (Å²) in [6.45, 7) is 2.64. The molecule has 0 amide bonds. The number of ether oxygens (including phenoxy) is 2. The minimum atomic E-state index is -1.11. The molecule has 0 bridgehead atoms. The molecule has 1 atom stereocenters. The fourth-order valence-corrected chi connectivity index (χ4v) is 5.94. The number of hydrogen-bond acceptors (Lipinski definition) is 5. The summed E-state index contributed by atoms with van der Waals surface area (Å²) in [5.74, 6) is -2.26. The number of halogens is 3. The number of fused-ring (bicyclic) bond motifs is 2. The second-order valence-electron chi connectivity index (χ2n) is 10.7. The van der Waals surface area contributed by atoms with Gasteiger partial charge in [-0.15, -0.1) is 11.8 Å². The third-order valence-corrected chi connectivity index (χ3v) is 8.68. The molecule has 1 saturated carbocycles. The lowest BCUT2D eigenvalue weighted by atomic mass is 9.75. The van der Waals surface area contributed by atoms with Gasteiger partial charge in [0.05, 0.1) is 28.5 Å². The normalized spacial score (nSPS) is 17.5. The van der Waals surface area contributed by atoms with E-state index in [1.807, 2.05) is 24.3 Å². The van der Waals surface area contributed by atoms with Crippen molar-refractivity contribution >= 4 is 28.6 Å².